The Morgan fingerprint density at radius 2 is 2.27 bits per heavy atom. The molecule has 0 radical (unpaired) electrons. The van der Waals surface area contributed by atoms with Gasteiger partial charge < -0.3 is 4.90 Å². The van der Waals surface area contributed by atoms with Gasteiger partial charge in [-0.25, -0.2) is 0 Å². The van der Waals surface area contributed by atoms with Gasteiger partial charge in [0.25, 0.3) is 0 Å². The monoisotopic (exact) mass is 216 g/mol. The molecule has 0 N–H and O–H groups in total. The lowest BCUT2D eigenvalue weighted by atomic mass is 10.2. The van der Waals surface area contributed by atoms with E-state index in [1.54, 1.807) is 0 Å². The van der Waals surface area contributed by atoms with Crippen molar-refractivity contribution in [1.82, 2.24) is 4.90 Å². The van der Waals surface area contributed by atoms with E-state index in [0.717, 1.165) is 19.6 Å². The molecule has 15 heavy (non-hydrogen) atoms. The summed E-state index contributed by atoms with van der Waals surface area (Å²) in [6, 6.07) is 10.8. The highest BCUT2D eigenvalue weighted by Crippen LogP contribution is 2.26. The van der Waals surface area contributed by atoms with E-state index in [2.05, 4.69) is 40.2 Å². The number of nitrogens with zero attached hydrogens (tertiary/aromatic N) is 2. The molecule has 1 aliphatic heterocycles. The van der Waals surface area contributed by atoms with Crippen LogP contribution in [0.2, 0.25) is 0 Å². The third-order valence-electron chi connectivity index (χ3n) is 2.60. The van der Waals surface area contributed by atoms with E-state index in [0.29, 0.717) is 0 Å². The summed E-state index contributed by atoms with van der Waals surface area (Å²) in [6.07, 6.45) is 1.96. The Hall–Kier alpha value is -1.35. The lowest BCUT2D eigenvalue weighted by molar-refractivity contribution is 0.467. The van der Waals surface area contributed by atoms with Crippen molar-refractivity contribution < 1.29 is 0 Å². The zero-order valence-corrected chi connectivity index (χ0v) is 9.20. The van der Waals surface area contributed by atoms with E-state index >= 15 is 0 Å². The van der Waals surface area contributed by atoms with Crippen LogP contribution in [0.15, 0.2) is 35.3 Å². The van der Waals surface area contributed by atoms with Crippen LogP contribution >= 0.6 is 11.3 Å². The fraction of sp³-hybridized carbons (Fsp3) is 0.250. The van der Waals surface area contributed by atoms with Crippen LogP contribution < -0.4 is 0 Å². The van der Waals surface area contributed by atoms with Gasteiger partial charge >= 0.3 is 0 Å². The Morgan fingerprint density at radius 3 is 3.07 bits per heavy atom. The maximum Gasteiger partial charge on any atom is 0.0854 e. The SMILES string of the molecule is C1=NCCN1Cc1cc2ccccc2s1. The summed E-state index contributed by atoms with van der Waals surface area (Å²) in [5.41, 5.74) is 0. The minimum atomic E-state index is 0.949. The van der Waals surface area contributed by atoms with Crippen LogP contribution in [0, 0.1) is 0 Å². The highest BCUT2D eigenvalue weighted by Gasteiger charge is 2.08. The maximum absolute atomic E-state index is 4.22. The first-order valence-electron chi connectivity index (χ1n) is 5.13. The molecule has 2 nitrogen and oxygen atoms in total. The Kier molecular flexibility index (Phi) is 2.18. The van der Waals surface area contributed by atoms with Crippen molar-refractivity contribution in [1.29, 1.82) is 0 Å². The molecule has 1 aromatic carbocycles. The lowest BCUT2D eigenvalue weighted by Gasteiger charge is -2.11. The van der Waals surface area contributed by atoms with Gasteiger partial charge in [-0.1, -0.05) is 18.2 Å². The molecule has 2 heterocycles. The number of rotatable bonds is 2. The van der Waals surface area contributed by atoms with Crippen LogP contribution in [0.1, 0.15) is 4.88 Å². The molecule has 0 atom stereocenters. The van der Waals surface area contributed by atoms with Crippen LogP contribution in [0.25, 0.3) is 10.1 Å². The molecule has 1 aliphatic rings. The molecule has 0 bridgehead atoms. The molecule has 0 aliphatic carbocycles. The third-order valence-corrected chi connectivity index (χ3v) is 3.70. The number of benzene rings is 1. The molecular formula is C12H12N2S. The average molecular weight is 216 g/mol. The number of hydrogen-bond acceptors (Lipinski definition) is 3. The van der Waals surface area contributed by atoms with Crippen molar-refractivity contribution in [2.45, 2.75) is 6.54 Å². The number of hydrogen-bond donors (Lipinski definition) is 0. The summed E-state index contributed by atoms with van der Waals surface area (Å²) in [4.78, 5) is 7.91. The second-order valence-electron chi connectivity index (χ2n) is 3.74. The van der Waals surface area contributed by atoms with Gasteiger partial charge in [0, 0.05) is 16.1 Å². The van der Waals surface area contributed by atoms with E-state index in [1.165, 1.54) is 15.0 Å². The molecule has 1 aromatic heterocycles. The van der Waals surface area contributed by atoms with Crippen LogP contribution in [-0.4, -0.2) is 24.3 Å². The lowest BCUT2D eigenvalue weighted by Crippen LogP contribution is -2.17. The van der Waals surface area contributed by atoms with Gasteiger partial charge in [-0.2, -0.15) is 0 Å². The summed E-state index contributed by atoms with van der Waals surface area (Å²) >= 11 is 1.88. The first-order chi connectivity index (χ1) is 7.42. The molecule has 76 valence electrons. The molecular weight excluding hydrogens is 204 g/mol. The zero-order valence-electron chi connectivity index (χ0n) is 8.39. The fourth-order valence-corrected chi connectivity index (χ4v) is 2.94. The van der Waals surface area contributed by atoms with Gasteiger partial charge in [-0.15, -0.1) is 11.3 Å². The predicted molar refractivity (Wildman–Crippen MR) is 65.6 cm³/mol. The van der Waals surface area contributed by atoms with E-state index < -0.39 is 0 Å². The normalized spacial score (nSPS) is 15.3. The Balaban J connectivity index is 1.88. The highest BCUT2D eigenvalue weighted by atomic mass is 32.1. The summed E-state index contributed by atoms with van der Waals surface area (Å²) in [5.74, 6) is 0. The first-order valence-corrected chi connectivity index (χ1v) is 5.95. The first kappa shape index (κ1) is 8.92. The van der Waals surface area contributed by atoms with Crippen LogP contribution in [0.5, 0.6) is 0 Å². The molecule has 0 saturated heterocycles. The Morgan fingerprint density at radius 1 is 1.33 bits per heavy atom. The van der Waals surface area contributed by atoms with Crippen molar-refractivity contribution in [2.75, 3.05) is 13.1 Å². The van der Waals surface area contributed by atoms with Crippen molar-refractivity contribution in [3.8, 4) is 0 Å². The predicted octanol–water partition coefficient (Wildman–Crippen LogP) is 2.75. The van der Waals surface area contributed by atoms with Gasteiger partial charge in [0.1, 0.15) is 0 Å². The topological polar surface area (TPSA) is 15.6 Å². The maximum atomic E-state index is 4.22. The summed E-state index contributed by atoms with van der Waals surface area (Å²) in [5, 5.41) is 1.36. The summed E-state index contributed by atoms with van der Waals surface area (Å²) < 4.78 is 1.38. The van der Waals surface area contributed by atoms with Crippen LogP contribution in [0.4, 0.5) is 0 Å². The standard InChI is InChI=1S/C12H12N2S/c1-2-4-12-10(3-1)7-11(15-12)8-14-6-5-13-9-14/h1-4,7,9H,5-6,8H2. The summed E-state index contributed by atoms with van der Waals surface area (Å²) in [7, 11) is 0. The van der Waals surface area contributed by atoms with E-state index in [4.69, 9.17) is 0 Å². The Bertz CT molecular complexity index is 468. The van der Waals surface area contributed by atoms with Gasteiger partial charge in [-0.05, 0) is 17.5 Å². The summed E-state index contributed by atoms with van der Waals surface area (Å²) in [6.45, 7) is 3.02. The van der Waals surface area contributed by atoms with Crippen molar-refractivity contribution in [3.63, 3.8) is 0 Å². The minimum absolute atomic E-state index is 0.949. The second-order valence-corrected chi connectivity index (χ2v) is 4.91. The molecule has 0 unspecified atom stereocenters. The quantitative estimate of drug-likeness (QED) is 0.753. The van der Waals surface area contributed by atoms with E-state index in [-0.39, 0.29) is 0 Å². The van der Waals surface area contributed by atoms with Gasteiger partial charge in [0.05, 0.1) is 19.4 Å². The third kappa shape index (κ3) is 1.75. The fourth-order valence-electron chi connectivity index (χ4n) is 1.85. The van der Waals surface area contributed by atoms with Crippen LogP contribution in [0.3, 0.4) is 0 Å². The van der Waals surface area contributed by atoms with Crippen molar-refractivity contribution in [2.24, 2.45) is 4.99 Å². The largest absolute Gasteiger partial charge is 0.356 e. The zero-order chi connectivity index (χ0) is 10.1. The van der Waals surface area contributed by atoms with Crippen LogP contribution in [-0.2, 0) is 6.54 Å². The minimum Gasteiger partial charge on any atom is -0.356 e. The van der Waals surface area contributed by atoms with Crippen molar-refractivity contribution >= 4 is 27.8 Å². The molecule has 3 rings (SSSR count). The van der Waals surface area contributed by atoms with Gasteiger partial charge in [-0.3, -0.25) is 4.99 Å². The van der Waals surface area contributed by atoms with Gasteiger partial charge in [0.15, 0.2) is 0 Å². The number of thiophene rings is 1. The smallest absolute Gasteiger partial charge is 0.0854 e. The molecule has 0 spiro atoms. The number of fused-ring (bicyclic) bond motifs is 1. The molecule has 2 aromatic rings. The Labute approximate surface area is 92.9 Å². The molecule has 3 heteroatoms. The van der Waals surface area contributed by atoms with Crippen molar-refractivity contribution in [3.05, 3.63) is 35.2 Å². The number of aliphatic imine (C=N–C) groups is 1. The van der Waals surface area contributed by atoms with E-state index in [9.17, 15) is 0 Å². The molecule has 0 saturated carbocycles. The molecule has 0 fully saturated rings. The van der Waals surface area contributed by atoms with E-state index in [1.807, 2.05) is 17.7 Å². The second kappa shape index (κ2) is 3.66. The average Bonchev–Trinajstić information content (AvgIpc) is 2.86. The van der Waals surface area contributed by atoms with Gasteiger partial charge in [0.2, 0.25) is 0 Å². The molecule has 0 amide bonds. The highest BCUT2D eigenvalue weighted by molar-refractivity contribution is 7.19.